The smallest absolute Gasteiger partial charge is 0.407 e. The number of aryl methyl sites for hydroxylation is 3. The van der Waals surface area contributed by atoms with E-state index < -0.39 is 29.7 Å². The van der Waals surface area contributed by atoms with Crippen LogP contribution in [0.4, 0.5) is 10.7 Å². The van der Waals surface area contributed by atoms with E-state index in [2.05, 4.69) is 26.1 Å². The van der Waals surface area contributed by atoms with Gasteiger partial charge in [-0.3, -0.25) is 9.59 Å². The average molecular weight is 761 g/mol. The Labute approximate surface area is 324 Å². The number of nitrogens with two attached hydrogens (primary N) is 1. The number of phenolic OH excluding ortho intramolecular Hbond substituents is 1. The number of hydrogen-bond acceptors (Lipinski definition) is 10. The maximum absolute atomic E-state index is 14.4. The van der Waals surface area contributed by atoms with Crippen LogP contribution in [0.1, 0.15) is 126 Å². The summed E-state index contributed by atoms with van der Waals surface area (Å²) in [7, 11) is 0. The molecular weight excluding hydrogens is 701 g/mol. The van der Waals surface area contributed by atoms with Crippen LogP contribution in [0.3, 0.4) is 0 Å². The zero-order chi connectivity index (χ0) is 39.5. The standard InChI is InChI=1S/C41H60N8O6/c1-24(9-8-13-49-14-12-43-38(49)42)34(51)46-33(20-31-25(2)15-30(50)16-26(31)3)35(52)45-32(10-7-11-44-39(53)54-40(4,5)6)36-47-37(48-55-36)41-21-27-17-28(22-41)19-29(18-27)23-41/h12,14-16,24,27-29,32-33,50H,7-11,13,17-23H2,1-6H3,(H2,42,43)(H,44,53)(H,45,52)(H,46,51)/t24-,27?,28?,29?,32+,33+,41?/m1/s1. The fourth-order valence-corrected chi connectivity index (χ4v) is 9.57. The van der Waals surface area contributed by atoms with Crippen LogP contribution in [0.15, 0.2) is 29.0 Å². The van der Waals surface area contributed by atoms with Gasteiger partial charge in [0.05, 0.1) is 0 Å². The van der Waals surface area contributed by atoms with Crippen molar-refractivity contribution in [3.8, 4) is 5.75 Å². The molecule has 0 aliphatic heterocycles. The van der Waals surface area contributed by atoms with Crippen LogP contribution in [0, 0.1) is 37.5 Å². The molecule has 3 atom stereocenters. The van der Waals surface area contributed by atoms with Crippen molar-refractivity contribution in [3.05, 3.63) is 52.9 Å². The molecule has 55 heavy (non-hydrogen) atoms. The van der Waals surface area contributed by atoms with E-state index in [-0.39, 0.29) is 29.4 Å². The van der Waals surface area contributed by atoms with Gasteiger partial charge in [-0.2, -0.15) is 4.98 Å². The quantitative estimate of drug-likeness (QED) is 0.109. The van der Waals surface area contributed by atoms with Gasteiger partial charge in [0.1, 0.15) is 23.4 Å². The minimum absolute atomic E-state index is 0.0898. The third-order valence-electron chi connectivity index (χ3n) is 11.9. The Bertz CT molecular complexity index is 1770. The minimum atomic E-state index is -0.936. The summed E-state index contributed by atoms with van der Waals surface area (Å²) in [5.74, 6) is 2.71. The molecular formula is C41H60N8O6. The molecule has 1 aromatic carbocycles. The van der Waals surface area contributed by atoms with Crippen LogP contribution in [0.25, 0.3) is 0 Å². The summed E-state index contributed by atoms with van der Waals surface area (Å²) in [6.45, 7) is 12.0. The first kappa shape index (κ1) is 40.1. The van der Waals surface area contributed by atoms with Gasteiger partial charge < -0.3 is 40.6 Å². The first-order valence-electron chi connectivity index (χ1n) is 20.0. The van der Waals surface area contributed by atoms with Crippen LogP contribution in [0.2, 0.25) is 0 Å². The summed E-state index contributed by atoms with van der Waals surface area (Å²) >= 11 is 0. The third kappa shape index (κ3) is 9.98. The molecule has 3 aromatic rings. The Morgan fingerprint density at radius 2 is 1.67 bits per heavy atom. The molecule has 0 saturated heterocycles. The number of carbonyl (C=O) groups is 3. The summed E-state index contributed by atoms with van der Waals surface area (Å²) in [5, 5.41) is 23.8. The van der Waals surface area contributed by atoms with Crippen molar-refractivity contribution in [1.82, 2.24) is 35.6 Å². The predicted molar refractivity (Wildman–Crippen MR) is 207 cm³/mol. The molecule has 4 bridgehead atoms. The van der Waals surface area contributed by atoms with Gasteiger partial charge in [-0.15, -0.1) is 0 Å². The predicted octanol–water partition coefficient (Wildman–Crippen LogP) is 5.94. The zero-order valence-electron chi connectivity index (χ0n) is 33.3. The molecule has 0 radical (unpaired) electrons. The number of carbonyl (C=O) groups excluding carboxylic acids is 3. The lowest BCUT2D eigenvalue weighted by Gasteiger charge is -2.55. The van der Waals surface area contributed by atoms with Gasteiger partial charge in [0, 0.05) is 43.2 Å². The molecule has 3 amide bonds. The highest BCUT2D eigenvalue weighted by molar-refractivity contribution is 5.89. The molecule has 0 unspecified atom stereocenters. The molecule has 4 aliphatic carbocycles. The van der Waals surface area contributed by atoms with Crippen molar-refractivity contribution in [2.75, 3.05) is 12.3 Å². The third-order valence-corrected chi connectivity index (χ3v) is 11.9. The molecule has 7 rings (SSSR count). The molecule has 300 valence electrons. The zero-order valence-corrected chi connectivity index (χ0v) is 33.3. The summed E-state index contributed by atoms with van der Waals surface area (Å²) in [6, 6.07) is 1.72. The van der Waals surface area contributed by atoms with E-state index in [1.165, 1.54) is 19.3 Å². The summed E-state index contributed by atoms with van der Waals surface area (Å²) < 4.78 is 13.2. The van der Waals surface area contributed by atoms with Gasteiger partial charge in [-0.05, 0) is 145 Å². The highest BCUT2D eigenvalue weighted by Gasteiger charge is 2.54. The number of nitrogens with one attached hydrogen (secondary N) is 3. The Balaban J connectivity index is 1.20. The molecule has 4 fully saturated rings. The summed E-state index contributed by atoms with van der Waals surface area (Å²) in [5.41, 5.74) is 7.70. The van der Waals surface area contributed by atoms with Gasteiger partial charge in [-0.25, -0.2) is 9.78 Å². The van der Waals surface area contributed by atoms with E-state index in [1.54, 1.807) is 18.3 Å². The number of rotatable bonds is 16. The van der Waals surface area contributed by atoms with Gasteiger partial charge in [-0.1, -0.05) is 12.1 Å². The number of imidazole rings is 1. The first-order chi connectivity index (χ1) is 26.1. The number of anilines is 1. The Hall–Kier alpha value is -4.62. The van der Waals surface area contributed by atoms with E-state index in [9.17, 15) is 19.5 Å². The number of nitrogens with zero attached hydrogens (tertiary/aromatic N) is 4. The van der Waals surface area contributed by atoms with E-state index in [4.69, 9.17) is 20.0 Å². The van der Waals surface area contributed by atoms with E-state index in [1.807, 2.05) is 52.3 Å². The van der Waals surface area contributed by atoms with Crippen molar-refractivity contribution in [3.63, 3.8) is 0 Å². The Kier molecular flexibility index (Phi) is 12.1. The molecule has 14 nitrogen and oxygen atoms in total. The molecule has 4 saturated carbocycles. The largest absolute Gasteiger partial charge is 0.508 e. The molecule has 0 spiro atoms. The highest BCUT2D eigenvalue weighted by Crippen LogP contribution is 2.60. The number of ether oxygens (including phenoxy) is 1. The number of nitrogen functional groups attached to an aromatic ring is 1. The fraction of sp³-hybridized carbons (Fsp3) is 0.659. The van der Waals surface area contributed by atoms with E-state index in [0.29, 0.717) is 68.4 Å². The van der Waals surface area contributed by atoms with Crippen LogP contribution in [-0.2, 0) is 32.7 Å². The lowest BCUT2D eigenvalue weighted by atomic mass is 9.49. The first-order valence-corrected chi connectivity index (χ1v) is 20.0. The lowest BCUT2D eigenvalue weighted by molar-refractivity contribution is -0.131. The van der Waals surface area contributed by atoms with E-state index in [0.717, 1.165) is 41.8 Å². The minimum Gasteiger partial charge on any atom is -0.508 e. The fourth-order valence-electron chi connectivity index (χ4n) is 9.57. The second-order valence-corrected chi connectivity index (χ2v) is 17.6. The molecule has 2 heterocycles. The number of aromatic nitrogens is 4. The van der Waals surface area contributed by atoms with Crippen LogP contribution >= 0.6 is 0 Å². The molecule has 6 N–H and O–H groups in total. The van der Waals surface area contributed by atoms with Crippen LogP contribution in [0.5, 0.6) is 5.75 Å². The Morgan fingerprint density at radius 1 is 1.02 bits per heavy atom. The van der Waals surface area contributed by atoms with Crippen molar-refractivity contribution < 1.29 is 28.8 Å². The highest BCUT2D eigenvalue weighted by atomic mass is 16.6. The molecule has 2 aromatic heterocycles. The van der Waals surface area contributed by atoms with Gasteiger partial charge in [0.15, 0.2) is 11.8 Å². The lowest BCUT2D eigenvalue weighted by Crippen LogP contribution is -2.50. The second-order valence-electron chi connectivity index (χ2n) is 17.6. The van der Waals surface area contributed by atoms with Gasteiger partial charge in [0.25, 0.3) is 0 Å². The van der Waals surface area contributed by atoms with Crippen molar-refractivity contribution in [2.45, 2.75) is 142 Å². The number of amides is 3. The molecule has 4 aliphatic rings. The number of phenols is 1. The van der Waals surface area contributed by atoms with Crippen molar-refractivity contribution in [1.29, 1.82) is 0 Å². The van der Waals surface area contributed by atoms with Crippen molar-refractivity contribution in [2.24, 2.45) is 23.7 Å². The number of alkyl carbamates (subject to hydrolysis) is 1. The van der Waals surface area contributed by atoms with Crippen LogP contribution < -0.4 is 21.7 Å². The average Bonchev–Trinajstić information content (AvgIpc) is 3.75. The van der Waals surface area contributed by atoms with E-state index >= 15 is 0 Å². The normalized spacial score (nSPS) is 23.2. The number of benzene rings is 1. The van der Waals surface area contributed by atoms with Gasteiger partial charge >= 0.3 is 6.09 Å². The van der Waals surface area contributed by atoms with Crippen LogP contribution in [-0.4, -0.2) is 60.9 Å². The summed E-state index contributed by atoms with van der Waals surface area (Å²) in [4.78, 5) is 49.6. The number of hydrogen-bond donors (Lipinski definition) is 5. The second kappa shape index (κ2) is 16.6. The maximum atomic E-state index is 14.4. The van der Waals surface area contributed by atoms with Crippen molar-refractivity contribution >= 4 is 23.9 Å². The summed E-state index contributed by atoms with van der Waals surface area (Å²) in [6.07, 6.45) is 12.4. The molecule has 14 heteroatoms. The maximum Gasteiger partial charge on any atom is 0.407 e. The number of aromatic hydroxyl groups is 1. The Morgan fingerprint density at radius 3 is 2.27 bits per heavy atom. The SMILES string of the molecule is Cc1cc(O)cc(C)c1C[C@H](NC(=O)[C@H](C)CCCn1ccnc1N)C(=O)N[C@@H](CCCNC(=O)OC(C)(C)C)c1nc(C23CC4CC(CC(C4)C2)C3)no1. The monoisotopic (exact) mass is 760 g/mol. The van der Waals surface area contributed by atoms with Gasteiger partial charge in [0.2, 0.25) is 17.7 Å². The topological polar surface area (TPSA) is 200 Å².